The molecule has 0 bridgehead atoms. The van der Waals surface area contributed by atoms with Crippen molar-refractivity contribution in [2.45, 2.75) is 33.3 Å². The van der Waals surface area contributed by atoms with Gasteiger partial charge in [0.2, 0.25) is 13.2 Å². The van der Waals surface area contributed by atoms with E-state index in [4.69, 9.17) is 9.26 Å². The molecule has 0 aromatic carbocycles. The van der Waals surface area contributed by atoms with E-state index in [0.29, 0.717) is 6.61 Å². The van der Waals surface area contributed by atoms with Crippen molar-refractivity contribution in [2.24, 2.45) is 0 Å². The first-order chi connectivity index (χ1) is 7.28. The molecule has 0 radical (unpaired) electrons. The van der Waals surface area contributed by atoms with Crippen molar-refractivity contribution >= 4 is 19.1 Å². The molecule has 0 aliphatic rings. The van der Waals surface area contributed by atoms with Gasteiger partial charge in [-0.25, -0.2) is 4.79 Å². The minimum Gasteiger partial charge on any atom is -0.457 e. The van der Waals surface area contributed by atoms with Crippen molar-refractivity contribution in [3.8, 4) is 0 Å². The minimum absolute atomic E-state index is 0.0763. The Morgan fingerprint density at radius 3 is 2.31 bits per heavy atom. The van der Waals surface area contributed by atoms with E-state index >= 15 is 0 Å². The summed E-state index contributed by atoms with van der Waals surface area (Å²) >= 11 is 0. The Morgan fingerprint density at radius 2 is 1.88 bits per heavy atom. The summed E-state index contributed by atoms with van der Waals surface area (Å²) < 4.78 is 21.3. The molecule has 0 saturated heterocycles. The van der Waals surface area contributed by atoms with Crippen molar-refractivity contribution in [1.82, 2.24) is 0 Å². The Kier molecular flexibility index (Phi) is 6.53. The van der Waals surface area contributed by atoms with Crippen molar-refractivity contribution in [2.75, 3.05) is 19.4 Å². The highest BCUT2D eigenvalue weighted by atomic mass is 31.2. The molecule has 1 atom stereocenters. The summed E-state index contributed by atoms with van der Waals surface area (Å²) in [6.45, 7) is 6.84. The Labute approximate surface area is 96.0 Å². The van der Waals surface area contributed by atoms with E-state index in [2.05, 4.69) is 0 Å². The molecule has 0 aliphatic carbocycles. The van der Waals surface area contributed by atoms with Crippen LogP contribution < -0.4 is 0 Å². The van der Waals surface area contributed by atoms with E-state index in [1.165, 1.54) is 6.66 Å². The number of Topliss-reactive ketones (excluding diaryl/α,β-unsaturated/α-hetero) is 1. The fourth-order valence-corrected chi connectivity index (χ4v) is 2.31. The Balaban J connectivity index is 4.07. The molecule has 0 rings (SSSR count). The van der Waals surface area contributed by atoms with Gasteiger partial charge in [0, 0.05) is 19.2 Å². The first-order valence-electron chi connectivity index (χ1n) is 5.23. The van der Waals surface area contributed by atoms with Crippen LogP contribution >= 0.6 is 7.37 Å². The Hall–Kier alpha value is -0.670. The first-order valence-corrected chi connectivity index (χ1v) is 7.49. The summed E-state index contributed by atoms with van der Waals surface area (Å²) in [7, 11) is -2.75. The van der Waals surface area contributed by atoms with E-state index in [0.717, 1.165) is 0 Å². The standard InChI is InChI=1S/C10H19O5P/c1-5-14-16(4,13)7-6-9(11)10(12)15-8(2)3/h8H,5-7H2,1-4H3. The SMILES string of the molecule is CCOP(C)(=O)CCC(=O)C(=O)OC(C)C. The van der Waals surface area contributed by atoms with Gasteiger partial charge >= 0.3 is 5.97 Å². The van der Waals surface area contributed by atoms with E-state index in [1.807, 2.05) is 0 Å². The summed E-state index contributed by atoms with van der Waals surface area (Å²) in [6.07, 6.45) is -0.344. The van der Waals surface area contributed by atoms with Gasteiger partial charge in [-0.3, -0.25) is 9.36 Å². The largest absolute Gasteiger partial charge is 0.457 e. The second kappa shape index (κ2) is 6.81. The van der Waals surface area contributed by atoms with Gasteiger partial charge in [-0.1, -0.05) is 0 Å². The number of ether oxygens (including phenoxy) is 1. The summed E-state index contributed by atoms with van der Waals surface area (Å²) in [4.78, 5) is 22.4. The third kappa shape index (κ3) is 6.75. The van der Waals surface area contributed by atoms with Gasteiger partial charge in [-0.15, -0.1) is 0 Å². The highest BCUT2D eigenvalue weighted by Crippen LogP contribution is 2.42. The van der Waals surface area contributed by atoms with Crippen LogP contribution in [-0.2, 0) is 23.4 Å². The molecule has 0 spiro atoms. The lowest BCUT2D eigenvalue weighted by molar-refractivity contribution is -0.156. The fraction of sp³-hybridized carbons (Fsp3) is 0.800. The average Bonchev–Trinajstić information content (AvgIpc) is 2.13. The lowest BCUT2D eigenvalue weighted by Crippen LogP contribution is -2.21. The highest BCUT2D eigenvalue weighted by Gasteiger charge is 2.22. The predicted molar refractivity (Wildman–Crippen MR) is 60.9 cm³/mol. The van der Waals surface area contributed by atoms with Gasteiger partial charge < -0.3 is 9.26 Å². The summed E-state index contributed by atoms with van der Waals surface area (Å²) in [6, 6.07) is 0. The molecular formula is C10H19O5P. The molecule has 0 N–H and O–H groups in total. The molecule has 0 fully saturated rings. The molecule has 6 heteroatoms. The van der Waals surface area contributed by atoms with Crippen LogP contribution in [0.25, 0.3) is 0 Å². The van der Waals surface area contributed by atoms with E-state index in [-0.39, 0.29) is 18.7 Å². The summed E-state index contributed by atoms with van der Waals surface area (Å²) in [5, 5.41) is 0. The van der Waals surface area contributed by atoms with Crippen LogP contribution in [0.4, 0.5) is 0 Å². The topological polar surface area (TPSA) is 69.7 Å². The third-order valence-corrected chi connectivity index (χ3v) is 3.56. The highest BCUT2D eigenvalue weighted by molar-refractivity contribution is 7.58. The maximum Gasteiger partial charge on any atom is 0.374 e. The maximum atomic E-state index is 11.6. The van der Waals surface area contributed by atoms with E-state index < -0.39 is 19.1 Å². The average molecular weight is 250 g/mol. The van der Waals surface area contributed by atoms with Gasteiger partial charge in [0.25, 0.3) is 0 Å². The van der Waals surface area contributed by atoms with Crippen LogP contribution in [0.1, 0.15) is 27.2 Å². The van der Waals surface area contributed by atoms with Crippen molar-refractivity contribution < 1.29 is 23.4 Å². The van der Waals surface area contributed by atoms with Gasteiger partial charge in [-0.05, 0) is 20.8 Å². The van der Waals surface area contributed by atoms with Crippen molar-refractivity contribution in [3.63, 3.8) is 0 Å². The van der Waals surface area contributed by atoms with Crippen LogP contribution in [0.2, 0.25) is 0 Å². The molecular weight excluding hydrogens is 231 g/mol. The maximum absolute atomic E-state index is 11.6. The molecule has 0 heterocycles. The van der Waals surface area contributed by atoms with Gasteiger partial charge in [0.05, 0.1) is 12.7 Å². The van der Waals surface area contributed by atoms with Crippen molar-refractivity contribution in [3.05, 3.63) is 0 Å². The number of carbonyl (C=O) groups is 2. The number of hydrogen-bond acceptors (Lipinski definition) is 5. The Morgan fingerprint density at radius 1 is 1.31 bits per heavy atom. The molecule has 94 valence electrons. The van der Waals surface area contributed by atoms with E-state index in [1.54, 1.807) is 20.8 Å². The third-order valence-electron chi connectivity index (χ3n) is 1.72. The quantitative estimate of drug-likeness (QED) is 0.391. The molecule has 0 aromatic rings. The number of rotatable bonds is 7. The zero-order valence-electron chi connectivity index (χ0n) is 10.2. The lowest BCUT2D eigenvalue weighted by atomic mass is 10.3. The lowest BCUT2D eigenvalue weighted by Gasteiger charge is -2.11. The number of hydrogen-bond donors (Lipinski definition) is 0. The molecule has 5 nitrogen and oxygen atoms in total. The minimum atomic E-state index is -2.75. The fourth-order valence-electron chi connectivity index (χ4n) is 1.02. The Bertz CT molecular complexity index is 298. The summed E-state index contributed by atoms with van der Waals surface area (Å²) in [5.41, 5.74) is 0. The zero-order valence-corrected chi connectivity index (χ0v) is 11.1. The normalized spacial score (nSPS) is 14.6. The smallest absolute Gasteiger partial charge is 0.374 e. The predicted octanol–water partition coefficient (Wildman–Crippen LogP) is 1.84. The molecule has 1 unspecified atom stereocenters. The van der Waals surface area contributed by atoms with Crippen LogP contribution in [-0.4, -0.2) is 37.3 Å². The molecule has 0 saturated carbocycles. The molecule has 0 amide bonds. The number of ketones is 1. The van der Waals surface area contributed by atoms with Crippen molar-refractivity contribution in [1.29, 1.82) is 0 Å². The first kappa shape index (κ1) is 15.3. The molecule has 0 aliphatic heterocycles. The van der Waals surface area contributed by atoms with Crippen LogP contribution in [0, 0.1) is 0 Å². The van der Waals surface area contributed by atoms with Gasteiger partial charge in [0.15, 0.2) is 0 Å². The van der Waals surface area contributed by atoms with Crippen LogP contribution in [0.3, 0.4) is 0 Å². The molecule has 16 heavy (non-hydrogen) atoms. The molecule has 0 aromatic heterocycles. The number of carbonyl (C=O) groups excluding carboxylic acids is 2. The van der Waals surface area contributed by atoms with Crippen LogP contribution in [0.5, 0.6) is 0 Å². The zero-order chi connectivity index (χ0) is 12.8. The second-order valence-electron chi connectivity index (χ2n) is 3.78. The number of esters is 1. The van der Waals surface area contributed by atoms with Crippen LogP contribution in [0.15, 0.2) is 0 Å². The second-order valence-corrected chi connectivity index (χ2v) is 6.52. The van der Waals surface area contributed by atoms with Gasteiger partial charge in [0.1, 0.15) is 0 Å². The van der Waals surface area contributed by atoms with E-state index in [9.17, 15) is 14.2 Å². The van der Waals surface area contributed by atoms with Gasteiger partial charge in [-0.2, -0.15) is 0 Å². The summed E-state index contributed by atoms with van der Waals surface area (Å²) in [5.74, 6) is -1.53. The monoisotopic (exact) mass is 250 g/mol.